The van der Waals surface area contributed by atoms with Crippen molar-refractivity contribution in [1.29, 1.82) is 0 Å². The molecule has 0 bridgehead atoms. The molecule has 2 N–H and O–H groups in total. The fourth-order valence-corrected chi connectivity index (χ4v) is 3.28. The molecule has 5 nitrogen and oxygen atoms in total. The maximum atomic E-state index is 12.9. The van der Waals surface area contributed by atoms with E-state index in [1.165, 1.54) is 13.1 Å². The van der Waals surface area contributed by atoms with Crippen LogP contribution in [-0.2, 0) is 6.18 Å². The van der Waals surface area contributed by atoms with Crippen LogP contribution in [0.4, 0.5) is 24.8 Å². The Hall–Kier alpha value is -1.57. The van der Waals surface area contributed by atoms with Gasteiger partial charge in [0.05, 0.1) is 6.10 Å². The van der Waals surface area contributed by atoms with Gasteiger partial charge < -0.3 is 15.3 Å². The fourth-order valence-electron chi connectivity index (χ4n) is 3.28. The number of hydrogen-bond donors (Lipinski definition) is 2. The predicted octanol–water partition coefficient (Wildman–Crippen LogP) is 1.74. The molecule has 3 unspecified atom stereocenters. The summed E-state index contributed by atoms with van der Waals surface area (Å²) in [5, 5.41) is 12.5. The van der Waals surface area contributed by atoms with E-state index in [1.807, 2.05) is 4.90 Å². The fraction of sp³-hybridized carbons (Fsp3) is 0.692. The summed E-state index contributed by atoms with van der Waals surface area (Å²) < 4.78 is 38.6. The number of nitrogens with zero attached hydrogens (tertiary/aromatic N) is 3. The van der Waals surface area contributed by atoms with Crippen molar-refractivity contribution in [3.05, 3.63) is 11.9 Å². The topological polar surface area (TPSA) is 61.3 Å². The van der Waals surface area contributed by atoms with Crippen LogP contribution in [0.25, 0.3) is 0 Å². The maximum Gasteiger partial charge on any atom is 0.451 e. The first kappa shape index (κ1) is 14.4. The minimum Gasteiger partial charge on any atom is -0.393 e. The molecule has 0 amide bonds. The van der Waals surface area contributed by atoms with Crippen LogP contribution in [0.3, 0.4) is 0 Å². The second-order valence-corrected chi connectivity index (χ2v) is 5.66. The summed E-state index contributed by atoms with van der Waals surface area (Å²) >= 11 is 0. The van der Waals surface area contributed by atoms with Gasteiger partial charge in [-0.2, -0.15) is 13.2 Å². The van der Waals surface area contributed by atoms with Crippen LogP contribution < -0.4 is 10.2 Å². The van der Waals surface area contributed by atoms with E-state index in [9.17, 15) is 18.3 Å². The average Bonchev–Trinajstić information content (AvgIpc) is 3.00. The normalized spacial score (nSPS) is 28.8. The summed E-state index contributed by atoms with van der Waals surface area (Å²) in [6.45, 7) is 1.18. The first-order valence-corrected chi connectivity index (χ1v) is 6.95. The molecule has 3 atom stereocenters. The first-order valence-electron chi connectivity index (χ1n) is 6.95. The monoisotopic (exact) mass is 302 g/mol. The number of hydrogen-bond acceptors (Lipinski definition) is 5. The van der Waals surface area contributed by atoms with Gasteiger partial charge in [0.1, 0.15) is 11.6 Å². The molecule has 1 saturated heterocycles. The Balaban J connectivity index is 1.89. The minimum absolute atomic E-state index is 0.132. The molecule has 3 rings (SSSR count). The molecular weight excluding hydrogens is 285 g/mol. The highest BCUT2D eigenvalue weighted by Gasteiger charge is 2.43. The molecule has 21 heavy (non-hydrogen) atoms. The highest BCUT2D eigenvalue weighted by Crippen LogP contribution is 2.40. The summed E-state index contributed by atoms with van der Waals surface area (Å²) in [6.07, 6.45) is -3.23. The van der Waals surface area contributed by atoms with E-state index in [0.717, 1.165) is 12.8 Å². The van der Waals surface area contributed by atoms with Crippen LogP contribution in [0.5, 0.6) is 0 Å². The number of nitrogens with one attached hydrogen (secondary N) is 1. The number of halogens is 3. The van der Waals surface area contributed by atoms with E-state index < -0.39 is 12.0 Å². The van der Waals surface area contributed by atoms with Crippen molar-refractivity contribution in [3.8, 4) is 0 Å². The van der Waals surface area contributed by atoms with Gasteiger partial charge in [-0.15, -0.1) is 0 Å². The summed E-state index contributed by atoms with van der Waals surface area (Å²) in [4.78, 5) is 8.93. The van der Waals surface area contributed by atoms with Crippen molar-refractivity contribution in [1.82, 2.24) is 9.97 Å². The quantitative estimate of drug-likeness (QED) is 0.871. The Bertz CT molecular complexity index is 537. The molecule has 0 spiro atoms. The van der Waals surface area contributed by atoms with Crippen molar-refractivity contribution in [2.75, 3.05) is 30.4 Å². The zero-order valence-corrected chi connectivity index (χ0v) is 11.6. The van der Waals surface area contributed by atoms with Gasteiger partial charge in [0.15, 0.2) is 0 Å². The van der Waals surface area contributed by atoms with Gasteiger partial charge in [-0.25, -0.2) is 9.97 Å². The lowest BCUT2D eigenvalue weighted by Gasteiger charge is -2.21. The van der Waals surface area contributed by atoms with Crippen molar-refractivity contribution < 1.29 is 18.3 Å². The number of aliphatic hydroxyl groups excluding tert-OH is 1. The zero-order chi connectivity index (χ0) is 15.2. The molecule has 8 heteroatoms. The summed E-state index contributed by atoms with van der Waals surface area (Å²) in [5.74, 6) is -0.259. The highest BCUT2D eigenvalue weighted by atomic mass is 19.4. The van der Waals surface area contributed by atoms with Gasteiger partial charge in [0.2, 0.25) is 5.82 Å². The van der Waals surface area contributed by atoms with Crippen molar-refractivity contribution >= 4 is 11.6 Å². The van der Waals surface area contributed by atoms with Crippen molar-refractivity contribution in [2.24, 2.45) is 11.8 Å². The van der Waals surface area contributed by atoms with Gasteiger partial charge >= 0.3 is 6.18 Å². The molecule has 0 aromatic carbocycles. The molecule has 2 fully saturated rings. The predicted molar refractivity (Wildman–Crippen MR) is 71.0 cm³/mol. The molecular formula is C13H17F3N4O. The molecule has 1 aromatic heterocycles. The molecule has 0 radical (unpaired) electrons. The summed E-state index contributed by atoms with van der Waals surface area (Å²) in [5.41, 5.74) is 0. The second-order valence-electron chi connectivity index (χ2n) is 5.66. The lowest BCUT2D eigenvalue weighted by molar-refractivity contribution is -0.144. The molecule has 1 aliphatic carbocycles. The van der Waals surface area contributed by atoms with Gasteiger partial charge in [-0.1, -0.05) is 0 Å². The van der Waals surface area contributed by atoms with Crippen LogP contribution >= 0.6 is 0 Å². The van der Waals surface area contributed by atoms with Crippen LogP contribution in [-0.4, -0.2) is 41.3 Å². The Morgan fingerprint density at radius 3 is 2.67 bits per heavy atom. The van der Waals surface area contributed by atoms with E-state index in [2.05, 4.69) is 15.3 Å². The molecule has 2 aliphatic rings. The van der Waals surface area contributed by atoms with E-state index in [1.54, 1.807) is 0 Å². The number of aromatic nitrogens is 2. The summed E-state index contributed by atoms with van der Waals surface area (Å²) in [6, 6.07) is 1.52. The Morgan fingerprint density at radius 1 is 1.29 bits per heavy atom. The lowest BCUT2D eigenvalue weighted by Crippen LogP contribution is -2.26. The smallest absolute Gasteiger partial charge is 0.393 e. The second kappa shape index (κ2) is 5.01. The SMILES string of the molecule is CNc1cc(N2CC3CCC(O)C3C2)nc(C(F)(F)F)n1. The lowest BCUT2D eigenvalue weighted by atomic mass is 10.00. The average molecular weight is 302 g/mol. The Morgan fingerprint density at radius 2 is 2.05 bits per heavy atom. The van der Waals surface area contributed by atoms with E-state index >= 15 is 0 Å². The largest absolute Gasteiger partial charge is 0.451 e. The number of rotatable bonds is 2. The van der Waals surface area contributed by atoms with E-state index in [4.69, 9.17) is 0 Å². The third-order valence-electron chi connectivity index (χ3n) is 4.37. The molecule has 1 saturated carbocycles. The van der Waals surface area contributed by atoms with Gasteiger partial charge in [0, 0.05) is 32.1 Å². The van der Waals surface area contributed by atoms with Crippen LogP contribution in [0.2, 0.25) is 0 Å². The van der Waals surface area contributed by atoms with Gasteiger partial charge in [0.25, 0.3) is 0 Å². The third kappa shape index (κ3) is 2.64. The minimum atomic E-state index is -4.57. The van der Waals surface area contributed by atoms with E-state index in [0.29, 0.717) is 19.0 Å². The number of anilines is 2. The van der Waals surface area contributed by atoms with Gasteiger partial charge in [-0.05, 0) is 18.8 Å². The molecule has 116 valence electrons. The molecule has 1 aromatic rings. The first-order chi connectivity index (χ1) is 9.88. The van der Waals surface area contributed by atoms with Crippen molar-refractivity contribution in [2.45, 2.75) is 25.1 Å². The molecule has 2 heterocycles. The van der Waals surface area contributed by atoms with Crippen LogP contribution in [0.1, 0.15) is 18.7 Å². The zero-order valence-electron chi connectivity index (χ0n) is 11.6. The molecule has 1 aliphatic heterocycles. The van der Waals surface area contributed by atoms with E-state index in [-0.39, 0.29) is 23.7 Å². The maximum absolute atomic E-state index is 12.9. The van der Waals surface area contributed by atoms with Crippen LogP contribution in [0.15, 0.2) is 6.07 Å². The standard InChI is InChI=1S/C13H17F3N4O/c1-17-10-4-11(19-12(18-10)13(14,15)16)20-5-7-2-3-9(21)8(7)6-20/h4,7-9,21H,2-3,5-6H2,1H3,(H,17,18,19). The highest BCUT2D eigenvalue weighted by molar-refractivity contribution is 5.50. The number of alkyl halides is 3. The Labute approximate surface area is 120 Å². The number of fused-ring (bicyclic) bond motifs is 1. The Kier molecular flexibility index (Phi) is 3.43. The third-order valence-corrected chi connectivity index (χ3v) is 4.37. The summed E-state index contributed by atoms with van der Waals surface area (Å²) in [7, 11) is 1.52. The van der Waals surface area contributed by atoms with Crippen molar-refractivity contribution in [3.63, 3.8) is 0 Å². The van der Waals surface area contributed by atoms with Gasteiger partial charge in [-0.3, -0.25) is 0 Å². The van der Waals surface area contributed by atoms with Crippen LogP contribution in [0, 0.1) is 11.8 Å². The number of aliphatic hydroxyl groups is 1.